The average Bonchev–Trinajstić information content (AvgIpc) is 2.30. The second-order valence-corrected chi connectivity index (χ2v) is 3.50. The first kappa shape index (κ1) is 11.2. The molecule has 84 valence electrons. The van der Waals surface area contributed by atoms with Gasteiger partial charge in [0.05, 0.1) is 5.56 Å². The molecular weight excluding hydrogens is 220 g/mol. The van der Waals surface area contributed by atoms with Crippen LogP contribution in [0.15, 0.2) is 42.5 Å². The third-order valence-corrected chi connectivity index (χ3v) is 2.16. The van der Waals surface area contributed by atoms with E-state index in [0.717, 1.165) is 18.2 Å². The van der Waals surface area contributed by atoms with Gasteiger partial charge in [0.1, 0.15) is 11.6 Å². The lowest BCUT2D eigenvalue weighted by Crippen LogP contribution is -1.86. The standard InChI is InChI=1S/C14H9F2N/c15-12-6-7-14(16)11(9-12)5-4-10-2-1-3-13(17)8-10/h1-3,6-9H,17H2. The Labute approximate surface area is 97.9 Å². The van der Waals surface area contributed by atoms with Crippen LogP contribution in [0, 0.1) is 23.5 Å². The van der Waals surface area contributed by atoms with Gasteiger partial charge in [0.2, 0.25) is 0 Å². The Balaban J connectivity index is 2.36. The number of hydrogen-bond acceptors (Lipinski definition) is 1. The highest BCUT2D eigenvalue weighted by Crippen LogP contribution is 2.09. The van der Waals surface area contributed by atoms with Crippen molar-refractivity contribution in [2.45, 2.75) is 0 Å². The van der Waals surface area contributed by atoms with E-state index in [0.29, 0.717) is 11.3 Å². The van der Waals surface area contributed by atoms with E-state index in [2.05, 4.69) is 11.8 Å². The first-order valence-corrected chi connectivity index (χ1v) is 4.98. The highest BCUT2D eigenvalue weighted by atomic mass is 19.1. The number of nitrogens with two attached hydrogens (primary N) is 1. The average molecular weight is 229 g/mol. The molecule has 2 aromatic carbocycles. The zero-order valence-electron chi connectivity index (χ0n) is 8.87. The van der Waals surface area contributed by atoms with Crippen LogP contribution in [0.3, 0.4) is 0 Å². The Morgan fingerprint density at radius 2 is 1.76 bits per heavy atom. The van der Waals surface area contributed by atoms with Gasteiger partial charge in [-0.15, -0.1) is 0 Å². The normalized spacial score (nSPS) is 9.53. The number of anilines is 1. The van der Waals surface area contributed by atoms with Crippen LogP contribution in [0.25, 0.3) is 0 Å². The van der Waals surface area contributed by atoms with E-state index in [-0.39, 0.29) is 5.56 Å². The van der Waals surface area contributed by atoms with Gasteiger partial charge in [0, 0.05) is 11.3 Å². The smallest absolute Gasteiger partial charge is 0.139 e. The predicted molar refractivity (Wildman–Crippen MR) is 63.2 cm³/mol. The van der Waals surface area contributed by atoms with E-state index in [1.54, 1.807) is 24.3 Å². The van der Waals surface area contributed by atoms with E-state index in [9.17, 15) is 8.78 Å². The third-order valence-electron chi connectivity index (χ3n) is 2.16. The second kappa shape index (κ2) is 4.67. The number of halogens is 2. The van der Waals surface area contributed by atoms with Crippen molar-refractivity contribution >= 4 is 5.69 Å². The number of benzene rings is 2. The lowest BCUT2D eigenvalue weighted by atomic mass is 10.1. The molecule has 0 atom stereocenters. The molecule has 2 N–H and O–H groups in total. The molecule has 0 unspecified atom stereocenters. The Hall–Kier alpha value is -2.34. The summed E-state index contributed by atoms with van der Waals surface area (Å²) in [6.07, 6.45) is 0. The van der Waals surface area contributed by atoms with Crippen molar-refractivity contribution in [3.05, 3.63) is 65.2 Å². The topological polar surface area (TPSA) is 26.0 Å². The van der Waals surface area contributed by atoms with E-state index in [4.69, 9.17) is 5.73 Å². The SMILES string of the molecule is Nc1cccc(C#Cc2cc(F)ccc2F)c1. The Bertz CT molecular complexity index is 609. The molecule has 1 nitrogen and oxygen atoms in total. The minimum Gasteiger partial charge on any atom is -0.399 e. The Kier molecular flexibility index (Phi) is 3.06. The molecule has 0 spiro atoms. The fourth-order valence-corrected chi connectivity index (χ4v) is 1.35. The van der Waals surface area contributed by atoms with Crippen molar-refractivity contribution in [1.29, 1.82) is 0 Å². The summed E-state index contributed by atoms with van der Waals surface area (Å²) in [6, 6.07) is 10.1. The van der Waals surface area contributed by atoms with Crippen LogP contribution >= 0.6 is 0 Å². The molecule has 0 heterocycles. The van der Waals surface area contributed by atoms with Gasteiger partial charge in [-0.25, -0.2) is 8.78 Å². The van der Waals surface area contributed by atoms with E-state index < -0.39 is 11.6 Å². The zero-order valence-corrected chi connectivity index (χ0v) is 8.87. The molecule has 17 heavy (non-hydrogen) atoms. The van der Waals surface area contributed by atoms with Crippen molar-refractivity contribution < 1.29 is 8.78 Å². The summed E-state index contributed by atoms with van der Waals surface area (Å²) in [4.78, 5) is 0. The van der Waals surface area contributed by atoms with Crippen LogP contribution in [0.4, 0.5) is 14.5 Å². The Morgan fingerprint density at radius 1 is 0.941 bits per heavy atom. The van der Waals surface area contributed by atoms with Crippen molar-refractivity contribution in [3.8, 4) is 11.8 Å². The summed E-state index contributed by atoms with van der Waals surface area (Å²) in [5.74, 6) is 4.26. The number of nitrogen functional groups attached to an aromatic ring is 1. The van der Waals surface area contributed by atoms with Gasteiger partial charge < -0.3 is 5.73 Å². The van der Waals surface area contributed by atoms with Crippen molar-refractivity contribution in [3.63, 3.8) is 0 Å². The lowest BCUT2D eigenvalue weighted by molar-refractivity contribution is 0.597. The van der Waals surface area contributed by atoms with Gasteiger partial charge >= 0.3 is 0 Å². The van der Waals surface area contributed by atoms with Crippen LogP contribution in [0.2, 0.25) is 0 Å². The quantitative estimate of drug-likeness (QED) is 0.545. The molecule has 0 aliphatic heterocycles. The summed E-state index contributed by atoms with van der Waals surface area (Å²) in [7, 11) is 0. The minimum atomic E-state index is -0.539. The summed E-state index contributed by atoms with van der Waals surface area (Å²) in [5, 5.41) is 0. The van der Waals surface area contributed by atoms with Gasteiger partial charge in [-0.1, -0.05) is 17.9 Å². The summed E-state index contributed by atoms with van der Waals surface area (Å²) >= 11 is 0. The molecule has 0 aliphatic rings. The largest absolute Gasteiger partial charge is 0.399 e. The first-order chi connectivity index (χ1) is 8.15. The molecule has 0 saturated carbocycles. The van der Waals surface area contributed by atoms with E-state index >= 15 is 0 Å². The third kappa shape index (κ3) is 2.82. The molecule has 0 fully saturated rings. The number of hydrogen-bond donors (Lipinski definition) is 1. The molecule has 0 saturated heterocycles. The maximum Gasteiger partial charge on any atom is 0.139 e. The Morgan fingerprint density at radius 3 is 2.53 bits per heavy atom. The van der Waals surface area contributed by atoms with Crippen LogP contribution < -0.4 is 5.73 Å². The molecule has 0 bridgehead atoms. The highest BCUT2D eigenvalue weighted by molar-refractivity contribution is 5.49. The predicted octanol–water partition coefficient (Wildman–Crippen LogP) is 2.95. The molecule has 0 amide bonds. The molecule has 2 rings (SSSR count). The molecule has 0 radical (unpaired) electrons. The summed E-state index contributed by atoms with van der Waals surface area (Å²) in [6.45, 7) is 0. The van der Waals surface area contributed by atoms with Crippen LogP contribution in [0.5, 0.6) is 0 Å². The van der Waals surface area contributed by atoms with E-state index in [1.807, 2.05) is 0 Å². The van der Waals surface area contributed by atoms with Crippen molar-refractivity contribution in [1.82, 2.24) is 0 Å². The van der Waals surface area contributed by atoms with Crippen molar-refractivity contribution in [2.75, 3.05) is 5.73 Å². The van der Waals surface area contributed by atoms with Gasteiger partial charge in [-0.3, -0.25) is 0 Å². The second-order valence-electron chi connectivity index (χ2n) is 3.50. The fourth-order valence-electron chi connectivity index (χ4n) is 1.35. The van der Waals surface area contributed by atoms with Gasteiger partial charge in [0.15, 0.2) is 0 Å². The van der Waals surface area contributed by atoms with Gasteiger partial charge in [0.25, 0.3) is 0 Å². The molecular formula is C14H9F2N. The number of rotatable bonds is 0. The van der Waals surface area contributed by atoms with Crippen molar-refractivity contribution in [2.24, 2.45) is 0 Å². The summed E-state index contributed by atoms with van der Waals surface area (Å²) < 4.78 is 26.1. The monoisotopic (exact) mass is 229 g/mol. The van der Waals surface area contributed by atoms with Gasteiger partial charge in [-0.05, 0) is 36.4 Å². The lowest BCUT2D eigenvalue weighted by Gasteiger charge is -1.95. The minimum absolute atomic E-state index is 0.0347. The first-order valence-electron chi connectivity index (χ1n) is 4.98. The van der Waals surface area contributed by atoms with Gasteiger partial charge in [-0.2, -0.15) is 0 Å². The van der Waals surface area contributed by atoms with Crippen LogP contribution in [-0.2, 0) is 0 Å². The maximum absolute atomic E-state index is 13.3. The molecule has 0 aromatic heterocycles. The molecule has 3 heteroatoms. The van der Waals surface area contributed by atoms with Crippen LogP contribution in [-0.4, -0.2) is 0 Å². The van der Waals surface area contributed by atoms with E-state index in [1.165, 1.54) is 0 Å². The highest BCUT2D eigenvalue weighted by Gasteiger charge is 1.99. The molecule has 2 aromatic rings. The maximum atomic E-state index is 13.3. The van der Waals surface area contributed by atoms with Crippen LogP contribution in [0.1, 0.15) is 11.1 Å². The summed E-state index contributed by atoms with van der Waals surface area (Å²) in [5.41, 5.74) is 6.86. The zero-order chi connectivity index (χ0) is 12.3. The molecule has 0 aliphatic carbocycles. The fraction of sp³-hybridized carbons (Fsp3) is 0.